The molecule has 2 rings (SSSR count). The molecule has 0 saturated heterocycles. The van der Waals surface area contributed by atoms with Crippen molar-refractivity contribution < 1.29 is 33.2 Å². The van der Waals surface area contributed by atoms with Crippen molar-refractivity contribution in [2.75, 3.05) is 11.9 Å². The van der Waals surface area contributed by atoms with E-state index in [9.17, 15) is 9.59 Å². The molecule has 0 atom stereocenters. The smallest absolute Gasteiger partial charge is 0.462 e. The van der Waals surface area contributed by atoms with Crippen molar-refractivity contribution in [3.05, 3.63) is 92.4 Å². The van der Waals surface area contributed by atoms with Crippen molar-refractivity contribution in [3.8, 4) is 0 Å². The quantitative estimate of drug-likeness (QED) is 0.336. The average Bonchev–Trinajstić information content (AvgIpc) is 2.69. The van der Waals surface area contributed by atoms with Gasteiger partial charge in [0.15, 0.2) is 0 Å². The van der Waals surface area contributed by atoms with Gasteiger partial charge < -0.3 is 35.6 Å². The molecule has 30 heavy (non-hydrogen) atoms. The SMILES string of the molecule is [CH2-]C(=O)Nc1c(Cl)cccc1C(=O)OCC.[CH2-]CCCC[CH2-].[CH2-]c1ccccc1.[Li+]. The molecule has 0 bridgehead atoms. The fourth-order valence-corrected chi connectivity index (χ4v) is 2.22. The van der Waals surface area contributed by atoms with Crippen molar-refractivity contribution in [3.63, 3.8) is 0 Å². The van der Waals surface area contributed by atoms with Crippen LogP contribution >= 0.6 is 11.6 Å². The van der Waals surface area contributed by atoms with Crippen LogP contribution < -0.4 is 24.2 Å². The van der Waals surface area contributed by atoms with Crippen molar-refractivity contribution in [2.24, 2.45) is 0 Å². The van der Waals surface area contributed by atoms with Gasteiger partial charge in [-0.25, -0.2) is 4.79 Å². The van der Waals surface area contributed by atoms with Gasteiger partial charge in [0.2, 0.25) is 0 Å². The normalized spacial score (nSPS) is 8.93. The monoisotopic (exact) mass is 422 g/mol. The number of para-hydroxylation sites is 1. The maximum absolute atomic E-state index is 11.5. The number of hydrogen-bond donors (Lipinski definition) is 1. The van der Waals surface area contributed by atoms with Crippen LogP contribution in [0.3, 0.4) is 0 Å². The molecule has 2 aromatic carbocycles. The molecule has 0 aromatic heterocycles. The van der Waals surface area contributed by atoms with E-state index in [0.717, 1.165) is 18.4 Å². The summed E-state index contributed by atoms with van der Waals surface area (Å²) in [6, 6.07) is 14.6. The number of hydrogen-bond acceptors (Lipinski definition) is 3. The van der Waals surface area contributed by atoms with Crippen LogP contribution in [0.25, 0.3) is 0 Å². The molecule has 0 spiro atoms. The van der Waals surface area contributed by atoms with E-state index in [4.69, 9.17) is 16.3 Å². The number of amides is 1. The molecular weight excluding hydrogens is 393 g/mol. The van der Waals surface area contributed by atoms with Crippen LogP contribution in [0.15, 0.2) is 48.5 Å². The van der Waals surface area contributed by atoms with Gasteiger partial charge in [-0.05, 0) is 19.1 Å². The molecule has 0 heterocycles. The Bertz CT molecular complexity index is 720. The molecule has 0 saturated carbocycles. The first kappa shape index (κ1) is 30.2. The van der Waals surface area contributed by atoms with E-state index in [0.29, 0.717) is 0 Å². The van der Waals surface area contributed by atoms with Gasteiger partial charge in [-0.15, -0.1) is 12.1 Å². The Morgan fingerprint density at radius 2 is 1.57 bits per heavy atom. The predicted molar refractivity (Wildman–Crippen MR) is 121 cm³/mol. The first-order valence-corrected chi connectivity index (χ1v) is 9.79. The summed E-state index contributed by atoms with van der Waals surface area (Å²) in [5, 5.41) is 2.66. The molecule has 160 valence electrons. The van der Waals surface area contributed by atoms with Gasteiger partial charge in [0.1, 0.15) is 0 Å². The van der Waals surface area contributed by atoms with E-state index in [1.807, 2.05) is 30.3 Å². The van der Waals surface area contributed by atoms with Crippen molar-refractivity contribution in [1.29, 1.82) is 0 Å². The van der Waals surface area contributed by atoms with Gasteiger partial charge in [-0.3, -0.25) is 0 Å². The molecule has 6 heteroatoms. The van der Waals surface area contributed by atoms with Gasteiger partial charge in [0.05, 0.1) is 28.8 Å². The number of nitrogens with one attached hydrogen (secondary N) is 1. The summed E-state index contributed by atoms with van der Waals surface area (Å²) in [5.74, 6) is -1.08. The molecule has 0 radical (unpaired) electrons. The molecular formula is C24H30ClLiNO3-3. The van der Waals surface area contributed by atoms with Gasteiger partial charge in [-0.1, -0.05) is 36.6 Å². The minimum Gasteiger partial charge on any atom is -0.462 e. The number of unbranched alkanes of at least 4 members (excludes halogenated alkanes) is 3. The third-order valence-corrected chi connectivity index (χ3v) is 3.68. The largest absolute Gasteiger partial charge is 1.00 e. The molecule has 0 fully saturated rings. The standard InChI is InChI=1S/C11H11ClNO3.C7H7.C6H12.Li/c1-3-16-11(15)8-5-4-6-9(12)10(8)13-7(2)14;1-7-5-3-2-4-6-7;1-3-5-6-4-2;/h4-6H,2-3H2,1H3,(H,13,14);2-6H,1H2;1-6H2;/q2*-1;-2;+1. The van der Waals surface area contributed by atoms with E-state index in [2.05, 4.69) is 33.0 Å². The Morgan fingerprint density at radius 1 is 1.00 bits per heavy atom. The molecule has 0 unspecified atom stereocenters. The Kier molecular flexibility index (Phi) is 19.1. The number of ether oxygens (including phenoxy) is 1. The second-order valence-corrected chi connectivity index (χ2v) is 6.24. The van der Waals surface area contributed by atoms with E-state index in [1.165, 1.54) is 18.9 Å². The number of halogens is 1. The van der Waals surface area contributed by atoms with Crippen LogP contribution in [-0.2, 0) is 9.53 Å². The van der Waals surface area contributed by atoms with Gasteiger partial charge in [-0.2, -0.15) is 37.5 Å². The van der Waals surface area contributed by atoms with Crippen molar-refractivity contribution >= 4 is 29.2 Å². The van der Waals surface area contributed by atoms with Crippen LogP contribution in [-0.4, -0.2) is 18.5 Å². The Morgan fingerprint density at radius 3 is 1.97 bits per heavy atom. The number of carbonyl (C=O) groups excluding carboxylic acids is 2. The number of carbonyl (C=O) groups is 2. The van der Waals surface area contributed by atoms with Crippen molar-refractivity contribution in [1.82, 2.24) is 0 Å². The van der Waals surface area contributed by atoms with Crippen LogP contribution in [0, 0.1) is 27.7 Å². The minimum atomic E-state index is -0.543. The van der Waals surface area contributed by atoms with Crippen molar-refractivity contribution in [2.45, 2.75) is 32.6 Å². The predicted octanol–water partition coefficient (Wildman–Crippen LogP) is 3.38. The van der Waals surface area contributed by atoms with Crippen LogP contribution in [0.5, 0.6) is 0 Å². The van der Waals surface area contributed by atoms with Gasteiger partial charge >= 0.3 is 24.8 Å². The Hall–Kier alpha value is -1.99. The molecule has 4 nitrogen and oxygen atoms in total. The van der Waals surface area contributed by atoms with E-state index < -0.39 is 11.9 Å². The van der Waals surface area contributed by atoms with Crippen LogP contribution in [0.1, 0.15) is 48.5 Å². The Balaban J connectivity index is 0. The summed E-state index contributed by atoms with van der Waals surface area (Å²) in [6.07, 6.45) is 4.61. The molecule has 2 aromatic rings. The Labute approximate surface area is 198 Å². The fraction of sp³-hybridized carbons (Fsp3) is 0.250. The summed E-state index contributed by atoms with van der Waals surface area (Å²) >= 11 is 5.87. The van der Waals surface area contributed by atoms with E-state index in [-0.39, 0.29) is 41.7 Å². The summed E-state index contributed by atoms with van der Waals surface area (Å²) in [7, 11) is 0. The van der Waals surface area contributed by atoms with Crippen LogP contribution in [0.4, 0.5) is 5.69 Å². The van der Waals surface area contributed by atoms with Crippen LogP contribution in [0.2, 0.25) is 5.02 Å². The number of benzene rings is 2. The van der Waals surface area contributed by atoms with E-state index >= 15 is 0 Å². The third kappa shape index (κ3) is 14.1. The number of esters is 1. The second-order valence-electron chi connectivity index (χ2n) is 5.83. The summed E-state index contributed by atoms with van der Waals surface area (Å²) < 4.78 is 4.84. The maximum atomic E-state index is 11.5. The fourth-order valence-electron chi connectivity index (χ4n) is 2.00. The molecule has 1 N–H and O–H groups in total. The van der Waals surface area contributed by atoms with E-state index in [1.54, 1.807) is 19.1 Å². The topological polar surface area (TPSA) is 55.4 Å². The molecule has 0 aliphatic heterocycles. The average molecular weight is 423 g/mol. The zero-order valence-electron chi connectivity index (χ0n) is 18.1. The number of anilines is 1. The number of rotatable bonds is 6. The summed E-state index contributed by atoms with van der Waals surface area (Å²) in [6.45, 7) is 16.2. The molecule has 0 aliphatic carbocycles. The second kappa shape index (κ2) is 19.0. The first-order chi connectivity index (χ1) is 13.9. The maximum Gasteiger partial charge on any atom is 1.00 e. The summed E-state index contributed by atoms with van der Waals surface area (Å²) in [4.78, 5) is 22.4. The molecule has 1 amide bonds. The first-order valence-electron chi connectivity index (χ1n) is 9.41. The summed E-state index contributed by atoms with van der Waals surface area (Å²) in [5.41, 5.74) is 1.51. The third-order valence-electron chi connectivity index (χ3n) is 3.37. The molecule has 0 aliphatic rings. The minimum absolute atomic E-state index is 0. The van der Waals surface area contributed by atoms with Gasteiger partial charge in [0.25, 0.3) is 0 Å². The van der Waals surface area contributed by atoms with Gasteiger partial charge in [0, 0.05) is 0 Å². The zero-order valence-corrected chi connectivity index (χ0v) is 18.8. The zero-order chi connectivity index (χ0) is 22.1.